The van der Waals surface area contributed by atoms with Crippen LogP contribution < -0.4 is 10.6 Å². The van der Waals surface area contributed by atoms with Crippen molar-refractivity contribution in [2.75, 3.05) is 5.32 Å². The number of amides is 3. The highest BCUT2D eigenvalue weighted by Gasteiger charge is 2.53. The second-order valence-corrected chi connectivity index (χ2v) is 7.15. The molecule has 4 rings (SSSR count). The van der Waals surface area contributed by atoms with E-state index in [9.17, 15) is 14.4 Å². The van der Waals surface area contributed by atoms with E-state index in [-0.39, 0.29) is 11.9 Å². The third-order valence-electron chi connectivity index (χ3n) is 5.24. The molecular weight excluding hydrogens is 342 g/mol. The first-order valence-corrected chi connectivity index (χ1v) is 9.08. The van der Waals surface area contributed by atoms with Crippen LogP contribution in [0.2, 0.25) is 0 Å². The van der Waals surface area contributed by atoms with Gasteiger partial charge in [-0.15, -0.1) is 0 Å². The fourth-order valence-corrected chi connectivity index (χ4v) is 3.68. The Balaban J connectivity index is 1.74. The van der Waals surface area contributed by atoms with Gasteiger partial charge in [-0.1, -0.05) is 48.5 Å². The van der Waals surface area contributed by atoms with Crippen molar-refractivity contribution in [3.63, 3.8) is 0 Å². The van der Waals surface area contributed by atoms with E-state index in [1.54, 1.807) is 25.1 Å². The highest BCUT2D eigenvalue weighted by atomic mass is 16.2. The van der Waals surface area contributed by atoms with Gasteiger partial charge >= 0.3 is 11.8 Å². The molecule has 6 nitrogen and oxygen atoms in total. The summed E-state index contributed by atoms with van der Waals surface area (Å²) in [5.74, 6) is -1.66. The van der Waals surface area contributed by atoms with Crippen molar-refractivity contribution in [1.29, 1.82) is 0 Å². The number of carbonyl (C=O) groups is 3. The van der Waals surface area contributed by atoms with Gasteiger partial charge in [-0.25, -0.2) is 0 Å². The molecule has 1 fully saturated rings. The number of fused-ring (bicyclic) bond motifs is 1. The van der Waals surface area contributed by atoms with Gasteiger partial charge in [-0.2, -0.15) is 0 Å². The quantitative estimate of drug-likeness (QED) is 0.817. The summed E-state index contributed by atoms with van der Waals surface area (Å²) in [5, 5.41) is 5.61. The molecule has 1 aliphatic carbocycles. The molecule has 27 heavy (non-hydrogen) atoms. The van der Waals surface area contributed by atoms with Gasteiger partial charge in [0.25, 0.3) is 5.91 Å². The van der Waals surface area contributed by atoms with E-state index in [1.807, 2.05) is 36.4 Å². The van der Waals surface area contributed by atoms with Crippen LogP contribution in [-0.4, -0.2) is 28.7 Å². The average Bonchev–Trinajstić information content (AvgIpc) is 3.52. The van der Waals surface area contributed by atoms with Crippen LogP contribution in [-0.2, 0) is 26.5 Å². The highest BCUT2D eigenvalue weighted by molar-refractivity contribution is 6.41. The number of nitrogens with zero attached hydrogens (tertiary/aromatic N) is 1. The molecule has 2 aromatic carbocycles. The minimum atomic E-state index is -1.26. The maximum Gasteiger partial charge on any atom is 0.313 e. The Kier molecular flexibility index (Phi) is 4.18. The second-order valence-electron chi connectivity index (χ2n) is 7.15. The summed E-state index contributed by atoms with van der Waals surface area (Å²) in [4.78, 5) is 40.0. The lowest BCUT2D eigenvalue weighted by molar-refractivity contribution is -0.153. The van der Waals surface area contributed by atoms with Crippen LogP contribution in [0.3, 0.4) is 0 Å². The number of hydrogen-bond acceptors (Lipinski definition) is 3. The molecule has 2 N–H and O–H groups in total. The largest absolute Gasteiger partial charge is 0.350 e. The van der Waals surface area contributed by atoms with Gasteiger partial charge in [-0.05, 0) is 31.4 Å². The molecule has 1 aliphatic heterocycles. The van der Waals surface area contributed by atoms with Crippen molar-refractivity contribution < 1.29 is 14.4 Å². The third-order valence-corrected chi connectivity index (χ3v) is 5.24. The Morgan fingerprint density at radius 2 is 1.78 bits per heavy atom. The Bertz CT molecular complexity index is 908. The van der Waals surface area contributed by atoms with E-state index in [1.165, 1.54) is 4.90 Å². The van der Waals surface area contributed by atoms with Gasteiger partial charge in [0.2, 0.25) is 0 Å². The van der Waals surface area contributed by atoms with Crippen molar-refractivity contribution in [2.24, 2.45) is 0 Å². The summed E-state index contributed by atoms with van der Waals surface area (Å²) in [6, 6.07) is 16.6. The predicted molar refractivity (Wildman–Crippen MR) is 101 cm³/mol. The summed E-state index contributed by atoms with van der Waals surface area (Å²) in [6.45, 7) is 2.08. The van der Waals surface area contributed by atoms with E-state index < -0.39 is 17.4 Å². The molecular formula is C21H21N3O3. The van der Waals surface area contributed by atoms with E-state index in [0.717, 1.165) is 18.4 Å². The van der Waals surface area contributed by atoms with Crippen LogP contribution >= 0.6 is 0 Å². The minimum absolute atomic E-state index is 0.0955. The van der Waals surface area contributed by atoms with Crippen molar-refractivity contribution in [3.8, 4) is 0 Å². The molecule has 1 unspecified atom stereocenters. The van der Waals surface area contributed by atoms with Crippen LogP contribution in [0.5, 0.6) is 0 Å². The number of rotatable bonds is 4. The summed E-state index contributed by atoms with van der Waals surface area (Å²) in [5.41, 5.74) is 0.830. The van der Waals surface area contributed by atoms with Gasteiger partial charge < -0.3 is 15.5 Å². The smallest absolute Gasteiger partial charge is 0.313 e. The van der Waals surface area contributed by atoms with Crippen LogP contribution in [0.15, 0.2) is 54.6 Å². The molecule has 3 amide bonds. The molecule has 2 aromatic rings. The molecule has 0 radical (unpaired) electrons. The maximum atomic E-state index is 13.4. The number of benzene rings is 2. The maximum absolute atomic E-state index is 13.4. The normalized spacial score (nSPS) is 21.9. The van der Waals surface area contributed by atoms with E-state index in [4.69, 9.17) is 0 Å². The van der Waals surface area contributed by atoms with Crippen molar-refractivity contribution in [1.82, 2.24) is 10.2 Å². The summed E-state index contributed by atoms with van der Waals surface area (Å²) in [7, 11) is 0. The van der Waals surface area contributed by atoms with E-state index >= 15 is 0 Å². The molecule has 0 spiro atoms. The molecule has 0 saturated heterocycles. The number of hydrogen-bond donors (Lipinski definition) is 2. The molecule has 0 aromatic heterocycles. The zero-order valence-electron chi connectivity index (χ0n) is 15.1. The summed E-state index contributed by atoms with van der Waals surface area (Å²) >= 11 is 0. The lowest BCUT2D eigenvalue weighted by Gasteiger charge is -2.39. The van der Waals surface area contributed by atoms with Crippen molar-refractivity contribution in [3.05, 3.63) is 65.7 Å². The zero-order chi connectivity index (χ0) is 19.0. The van der Waals surface area contributed by atoms with Crippen molar-refractivity contribution in [2.45, 2.75) is 37.9 Å². The minimum Gasteiger partial charge on any atom is -0.350 e. The first-order valence-electron chi connectivity index (χ1n) is 9.08. The lowest BCUT2D eigenvalue weighted by Crippen LogP contribution is -2.58. The van der Waals surface area contributed by atoms with Gasteiger partial charge in [-0.3, -0.25) is 14.4 Å². The summed E-state index contributed by atoms with van der Waals surface area (Å²) < 4.78 is 0. The molecule has 1 heterocycles. The van der Waals surface area contributed by atoms with Crippen LogP contribution in [0.4, 0.5) is 5.69 Å². The first kappa shape index (κ1) is 17.3. The Morgan fingerprint density at radius 1 is 1.11 bits per heavy atom. The zero-order valence-corrected chi connectivity index (χ0v) is 15.1. The lowest BCUT2D eigenvalue weighted by atomic mass is 9.87. The predicted octanol–water partition coefficient (Wildman–Crippen LogP) is 2.16. The number of para-hydroxylation sites is 1. The third kappa shape index (κ3) is 2.97. The fraction of sp³-hybridized carbons (Fsp3) is 0.286. The second kappa shape index (κ2) is 6.54. The fourth-order valence-electron chi connectivity index (χ4n) is 3.68. The van der Waals surface area contributed by atoms with Crippen LogP contribution in [0.1, 0.15) is 30.9 Å². The molecule has 6 heteroatoms. The average molecular weight is 363 g/mol. The molecule has 1 saturated carbocycles. The number of anilines is 1. The summed E-state index contributed by atoms with van der Waals surface area (Å²) in [6.07, 6.45) is 1.59. The monoisotopic (exact) mass is 363 g/mol. The number of nitrogens with one attached hydrogen (secondary N) is 2. The molecule has 0 bridgehead atoms. The van der Waals surface area contributed by atoms with Crippen molar-refractivity contribution >= 4 is 23.4 Å². The molecule has 1 atom stereocenters. The Morgan fingerprint density at radius 3 is 2.48 bits per heavy atom. The molecule has 2 aliphatic rings. The standard InChI is InChI=1S/C21H21N3O3/c1-21(20(27)22-13-14-7-3-2-4-8-14)16-9-5-6-10-17(16)23-18(25)19(26)24(21)15-11-12-15/h2-10,15H,11-13H2,1H3,(H,22,27)(H,23,25). The van der Waals surface area contributed by atoms with E-state index in [2.05, 4.69) is 10.6 Å². The van der Waals surface area contributed by atoms with E-state index in [0.29, 0.717) is 17.8 Å². The van der Waals surface area contributed by atoms with Gasteiger partial charge in [0.1, 0.15) is 5.54 Å². The SMILES string of the molecule is CC1(C(=O)NCc2ccccc2)c2ccccc2NC(=O)C(=O)N1C1CC1. The highest BCUT2D eigenvalue weighted by Crippen LogP contribution is 2.43. The topological polar surface area (TPSA) is 78.5 Å². The van der Waals surface area contributed by atoms with Gasteiger partial charge in [0.05, 0.1) is 0 Å². The van der Waals surface area contributed by atoms with Gasteiger partial charge in [0.15, 0.2) is 0 Å². The molecule has 138 valence electrons. The Hall–Kier alpha value is -3.15. The first-order chi connectivity index (χ1) is 13.0. The Labute approximate surface area is 157 Å². The number of carbonyl (C=O) groups excluding carboxylic acids is 3. The van der Waals surface area contributed by atoms with Crippen LogP contribution in [0, 0.1) is 0 Å². The van der Waals surface area contributed by atoms with Crippen LogP contribution in [0.25, 0.3) is 0 Å². The van der Waals surface area contributed by atoms with Gasteiger partial charge in [0, 0.05) is 23.8 Å².